The Morgan fingerprint density at radius 1 is 1.13 bits per heavy atom. The van der Waals surface area contributed by atoms with Crippen molar-refractivity contribution in [2.75, 3.05) is 25.5 Å². The molecule has 9 heteroatoms. The smallest absolute Gasteiger partial charge is 0.325 e. The third-order valence-corrected chi connectivity index (χ3v) is 4.98. The molecule has 1 heterocycles. The zero-order valence-electron chi connectivity index (χ0n) is 18.0. The summed E-state index contributed by atoms with van der Waals surface area (Å²) in [5.74, 6) is -0.924. The van der Waals surface area contributed by atoms with Crippen molar-refractivity contribution in [3.8, 4) is 5.75 Å². The normalized spacial score (nSPS) is 15.0. The van der Waals surface area contributed by atoms with Crippen LogP contribution in [0.5, 0.6) is 5.75 Å². The van der Waals surface area contributed by atoms with Crippen molar-refractivity contribution in [2.45, 2.75) is 52.0 Å². The molecule has 0 bridgehead atoms. The van der Waals surface area contributed by atoms with Crippen molar-refractivity contribution in [3.63, 3.8) is 0 Å². The molecule has 0 aliphatic carbocycles. The molecular weight excluding hydrogens is 388 g/mol. The molecule has 9 nitrogen and oxygen atoms in total. The van der Waals surface area contributed by atoms with Crippen LogP contribution in [0, 0.1) is 6.92 Å². The largest absolute Gasteiger partial charge is 0.495 e. The fourth-order valence-corrected chi connectivity index (χ4v) is 3.63. The summed E-state index contributed by atoms with van der Waals surface area (Å²) < 4.78 is 5.21. The maximum Gasteiger partial charge on any atom is 0.325 e. The predicted molar refractivity (Wildman–Crippen MR) is 112 cm³/mol. The molecule has 0 saturated carbocycles. The van der Waals surface area contributed by atoms with Gasteiger partial charge in [0.15, 0.2) is 0 Å². The van der Waals surface area contributed by atoms with Crippen LogP contribution in [0.3, 0.4) is 0 Å². The molecule has 0 spiro atoms. The van der Waals surface area contributed by atoms with Crippen LogP contribution >= 0.6 is 0 Å². The molecule has 30 heavy (non-hydrogen) atoms. The van der Waals surface area contributed by atoms with Crippen LogP contribution in [-0.2, 0) is 14.4 Å². The molecule has 2 rings (SSSR count). The minimum absolute atomic E-state index is 0.297. The number of urea groups is 1. The number of carbonyl (C=O) groups is 4. The standard InChI is InChI=1S/C21H30N4O5/c1-5-9-21(10-6-2)19(28)25(20(29)24-21)13-18(27)22-12-17(26)23-15-11-14(3)7-8-16(15)30-4/h7-8,11H,5-6,9-10,12-13H2,1-4H3,(H,22,27)(H,23,26)(H,24,29). The van der Waals surface area contributed by atoms with E-state index < -0.39 is 29.9 Å². The number of anilines is 1. The van der Waals surface area contributed by atoms with Gasteiger partial charge >= 0.3 is 6.03 Å². The molecule has 0 unspecified atom stereocenters. The number of imide groups is 1. The van der Waals surface area contributed by atoms with Crippen LogP contribution in [0.15, 0.2) is 18.2 Å². The number of benzene rings is 1. The number of amides is 5. The number of rotatable bonds is 10. The van der Waals surface area contributed by atoms with Gasteiger partial charge in [0.2, 0.25) is 11.8 Å². The molecular formula is C21H30N4O5. The second-order valence-corrected chi connectivity index (χ2v) is 7.43. The van der Waals surface area contributed by atoms with Gasteiger partial charge in [0.1, 0.15) is 17.8 Å². The molecule has 0 aromatic heterocycles. The third-order valence-electron chi connectivity index (χ3n) is 4.98. The lowest BCUT2D eigenvalue weighted by Gasteiger charge is -2.25. The van der Waals surface area contributed by atoms with Gasteiger partial charge in [0.05, 0.1) is 19.3 Å². The lowest BCUT2D eigenvalue weighted by Crippen LogP contribution is -2.47. The zero-order chi connectivity index (χ0) is 22.3. The van der Waals surface area contributed by atoms with E-state index in [9.17, 15) is 19.2 Å². The predicted octanol–water partition coefficient (Wildman–Crippen LogP) is 1.95. The molecule has 1 saturated heterocycles. The molecule has 3 N–H and O–H groups in total. The van der Waals surface area contributed by atoms with Crippen molar-refractivity contribution in [1.29, 1.82) is 0 Å². The Labute approximate surface area is 176 Å². The van der Waals surface area contributed by atoms with Crippen LogP contribution in [0.4, 0.5) is 10.5 Å². The van der Waals surface area contributed by atoms with E-state index in [0.29, 0.717) is 24.3 Å². The first-order valence-electron chi connectivity index (χ1n) is 10.1. The molecule has 1 aromatic carbocycles. The van der Waals surface area contributed by atoms with Crippen molar-refractivity contribution < 1.29 is 23.9 Å². The maximum atomic E-state index is 12.8. The van der Waals surface area contributed by atoms with E-state index in [4.69, 9.17) is 4.74 Å². The Morgan fingerprint density at radius 3 is 2.40 bits per heavy atom. The number of methoxy groups -OCH3 is 1. The van der Waals surface area contributed by atoms with E-state index in [1.54, 1.807) is 12.1 Å². The van der Waals surface area contributed by atoms with Crippen LogP contribution in [-0.4, -0.2) is 54.4 Å². The quantitative estimate of drug-likeness (QED) is 0.502. The second-order valence-electron chi connectivity index (χ2n) is 7.43. The molecule has 1 aromatic rings. The molecule has 1 fully saturated rings. The average Bonchev–Trinajstić information content (AvgIpc) is 2.91. The zero-order valence-corrected chi connectivity index (χ0v) is 18.0. The van der Waals surface area contributed by atoms with Gasteiger partial charge in [-0.15, -0.1) is 0 Å². The van der Waals surface area contributed by atoms with Crippen molar-refractivity contribution in [1.82, 2.24) is 15.5 Å². The lowest BCUT2D eigenvalue weighted by atomic mass is 9.88. The number of nitrogens with zero attached hydrogens (tertiary/aromatic N) is 1. The Kier molecular flexibility index (Phi) is 7.79. The van der Waals surface area contributed by atoms with Gasteiger partial charge in [-0.2, -0.15) is 0 Å². The summed E-state index contributed by atoms with van der Waals surface area (Å²) in [5.41, 5.74) is 0.492. The van der Waals surface area contributed by atoms with Gasteiger partial charge in [-0.1, -0.05) is 32.8 Å². The highest BCUT2D eigenvalue weighted by Crippen LogP contribution is 2.28. The van der Waals surface area contributed by atoms with Crippen LogP contribution in [0.1, 0.15) is 45.1 Å². The molecule has 5 amide bonds. The van der Waals surface area contributed by atoms with Crippen molar-refractivity contribution >= 4 is 29.4 Å². The first-order valence-corrected chi connectivity index (χ1v) is 10.1. The van der Waals surface area contributed by atoms with E-state index in [-0.39, 0.29) is 12.5 Å². The summed E-state index contributed by atoms with van der Waals surface area (Å²) in [5, 5.41) is 7.88. The van der Waals surface area contributed by atoms with Gasteiger partial charge in [0.25, 0.3) is 5.91 Å². The maximum absolute atomic E-state index is 12.8. The summed E-state index contributed by atoms with van der Waals surface area (Å²) in [6, 6.07) is 4.77. The Bertz CT molecular complexity index is 818. The topological polar surface area (TPSA) is 117 Å². The first kappa shape index (κ1) is 23.2. The van der Waals surface area contributed by atoms with Gasteiger partial charge < -0.3 is 20.7 Å². The molecule has 0 atom stereocenters. The highest BCUT2D eigenvalue weighted by molar-refractivity contribution is 6.09. The third kappa shape index (κ3) is 5.28. The SMILES string of the molecule is CCCC1(CCC)NC(=O)N(CC(=O)NCC(=O)Nc2cc(C)ccc2OC)C1=O. The minimum atomic E-state index is -0.944. The number of hydrogen-bond donors (Lipinski definition) is 3. The van der Waals surface area contributed by atoms with E-state index in [2.05, 4.69) is 16.0 Å². The number of carbonyl (C=O) groups excluding carboxylic acids is 4. The summed E-state index contributed by atoms with van der Waals surface area (Å²) in [6.07, 6.45) is 2.50. The molecule has 1 aliphatic heterocycles. The second kappa shape index (κ2) is 10.1. The lowest BCUT2D eigenvalue weighted by molar-refractivity contribution is -0.135. The fraction of sp³-hybridized carbons (Fsp3) is 0.524. The average molecular weight is 418 g/mol. The van der Waals surface area contributed by atoms with Gasteiger partial charge in [-0.3, -0.25) is 19.3 Å². The monoisotopic (exact) mass is 418 g/mol. The number of nitrogens with one attached hydrogen (secondary N) is 3. The molecule has 164 valence electrons. The number of hydrogen-bond acceptors (Lipinski definition) is 5. The Balaban J connectivity index is 1.93. The van der Waals surface area contributed by atoms with E-state index >= 15 is 0 Å². The van der Waals surface area contributed by atoms with E-state index in [1.807, 2.05) is 26.8 Å². The van der Waals surface area contributed by atoms with Gasteiger partial charge in [0, 0.05) is 0 Å². The molecule has 1 aliphatic rings. The highest BCUT2D eigenvalue weighted by atomic mass is 16.5. The highest BCUT2D eigenvalue weighted by Gasteiger charge is 2.50. The minimum Gasteiger partial charge on any atom is -0.495 e. The summed E-state index contributed by atoms with van der Waals surface area (Å²) in [7, 11) is 1.50. The summed E-state index contributed by atoms with van der Waals surface area (Å²) in [4.78, 5) is 50.5. The number of ether oxygens (including phenoxy) is 1. The van der Waals surface area contributed by atoms with Crippen LogP contribution in [0.2, 0.25) is 0 Å². The van der Waals surface area contributed by atoms with Gasteiger partial charge in [-0.05, 0) is 37.5 Å². The van der Waals surface area contributed by atoms with Crippen molar-refractivity contribution in [3.05, 3.63) is 23.8 Å². The van der Waals surface area contributed by atoms with Crippen molar-refractivity contribution in [2.24, 2.45) is 0 Å². The fourth-order valence-electron chi connectivity index (χ4n) is 3.63. The summed E-state index contributed by atoms with van der Waals surface area (Å²) in [6.45, 7) is 5.03. The number of aryl methyl sites for hydroxylation is 1. The van der Waals surface area contributed by atoms with Crippen LogP contribution < -0.4 is 20.7 Å². The first-order chi connectivity index (χ1) is 14.3. The van der Waals surface area contributed by atoms with E-state index in [1.165, 1.54) is 7.11 Å². The Morgan fingerprint density at radius 2 is 1.80 bits per heavy atom. The molecule has 0 radical (unpaired) electrons. The summed E-state index contributed by atoms with van der Waals surface area (Å²) >= 11 is 0. The van der Waals surface area contributed by atoms with Crippen LogP contribution in [0.25, 0.3) is 0 Å². The van der Waals surface area contributed by atoms with E-state index in [0.717, 1.165) is 23.3 Å². The Hall–Kier alpha value is -3.10. The van der Waals surface area contributed by atoms with Gasteiger partial charge in [-0.25, -0.2) is 4.79 Å².